The van der Waals surface area contributed by atoms with Crippen LogP contribution in [0.4, 0.5) is 4.39 Å². The molecule has 1 aromatic carbocycles. The van der Waals surface area contributed by atoms with Crippen molar-refractivity contribution in [2.75, 3.05) is 0 Å². The third-order valence-corrected chi connectivity index (χ3v) is 3.49. The lowest BCUT2D eigenvalue weighted by atomic mass is 10.1. The third kappa shape index (κ3) is 3.55. The second-order valence-electron chi connectivity index (χ2n) is 4.21. The van der Waals surface area contributed by atoms with Crippen molar-refractivity contribution in [2.45, 2.75) is 29.3 Å². The molecule has 18 heavy (non-hydrogen) atoms. The van der Waals surface area contributed by atoms with E-state index < -0.39 is 0 Å². The smallest absolute Gasteiger partial charge is 0.123 e. The lowest BCUT2D eigenvalue weighted by Crippen LogP contribution is -2.18. The lowest BCUT2D eigenvalue weighted by Gasteiger charge is -2.10. The monoisotopic (exact) mass is 262 g/mol. The van der Waals surface area contributed by atoms with Gasteiger partial charge in [-0.2, -0.15) is 0 Å². The Morgan fingerprint density at radius 3 is 2.67 bits per heavy atom. The van der Waals surface area contributed by atoms with E-state index in [1.165, 1.54) is 23.9 Å². The molecule has 1 unspecified atom stereocenters. The van der Waals surface area contributed by atoms with Gasteiger partial charge < -0.3 is 5.73 Å². The molecule has 2 rings (SSSR count). The van der Waals surface area contributed by atoms with Crippen LogP contribution in [0.1, 0.15) is 12.5 Å². The number of benzene rings is 1. The summed E-state index contributed by atoms with van der Waals surface area (Å²) in [5.74, 6) is -0.226. The average molecular weight is 262 g/mol. The van der Waals surface area contributed by atoms with E-state index in [2.05, 4.69) is 4.98 Å². The highest BCUT2D eigenvalue weighted by Crippen LogP contribution is 2.29. The van der Waals surface area contributed by atoms with Crippen LogP contribution in [0, 0.1) is 5.82 Å². The molecule has 94 valence electrons. The molecule has 0 saturated heterocycles. The summed E-state index contributed by atoms with van der Waals surface area (Å²) in [5, 5.41) is 0.932. The van der Waals surface area contributed by atoms with Gasteiger partial charge in [-0.05, 0) is 49.2 Å². The Labute approximate surface area is 110 Å². The van der Waals surface area contributed by atoms with E-state index in [1.807, 2.05) is 19.1 Å². The number of aromatic nitrogens is 1. The molecule has 2 aromatic rings. The van der Waals surface area contributed by atoms with Crippen molar-refractivity contribution in [1.29, 1.82) is 0 Å². The van der Waals surface area contributed by atoms with E-state index in [-0.39, 0.29) is 11.9 Å². The minimum absolute atomic E-state index is 0.0989. The first-order valence-electron chi connectivity index (χ1n) is 5.78. The van der Waals surface area contributed by atoms with Crippen molar-refractivity contribution in [1.82, 2.24) is 4.98 Å². The van der Waals surface area contributed by atoms with Gasteiger partial charge in [0, 0.05) is 17.1 Å². The van der Waals surface area contributed by atoms with Crippen LogP contribution in [-0.2, 0) is 6.42 Å². The number of halogens is 1. The van der Waals surface area contributed by atoms with Crippen LogP contribution in [0.25, 0.3) is 0 Å². The Kier molecular flexibility index (Phi) is 4.33. The van der Waals surface area contributed by atoms with Crippen molar-refractivity contribution in [3.63, 3.8) is 0 Å². The largest absolute Gasteiger partial charge is 0.328 e. The molecular weight excluding hydrogens is 247 g/mol. The van der Waals surface area contributed by atoms with Crippen molar-refractivity contribution < 1.29 is 4.39 Å². The minimum Gasteiger partial charge on any atom is -0.328 e. The highest BCUT2D eigenvalue weighted by atomic mass is 32.2. The maximum atomic E-state index is 12.8. The highest BCUT2D eigenvalue weighted by Gasteiger charge is 2.07. The standard InChI is InChI=1S/C14H15FN2S/c1-10(16)9-11-3-2-8-17-14(11)18-13-6-4-12(15)5-7-13/h2-8,10H,9,16H2,1H3. The van der Waals surface area contributed by atoms with Crippen molar-refractivity contribution >= 4 is 11.8 Å². The summed E-state index contributed by atoms with van der Waals surface area (Å²) in [7, 11) is 0. The van der Waals surface area contributed by atoms with Gasteiger partial charge in [-0.25, -0.2) is 9.37 Å². The van der Waals surface area contributed by atoms with Crippen LogP contribution < -0.4 is 5.73 Å². The molecule has 0 fully saturated rings. The van der Waals surface area contributed by atoms with Gasteiger partial charge in [-0.15, -0.1) is 0 Å². The molecular formula is C14H15FN2S. The number of nitrogens with zero attached hydrogens (tertiary/aromatic N) is 1. The van der Waals surface area contributed by atoms with Gasteiger partial charge in [0.05, 0.1) is 0 Å². The average Bonchev–Trinajstić information content (AvgIpc) is 2.34. The topological polar surface area (TPSA) is 38.9 Å². The molecule has 0 aliphatic heterocycles. The summed E-state index contributed by atoms with van der Waals surface area (Å²) >= 11 is 1.53. The van der Waals surface area contributed by atoms with Gasteiger partial charge in [0.2, 0.25) is 0 Å². The summed E-state index contributed by atoms with van der Waals surface area (Å²) in [4.78, 5) is 5.34. The van der Waals surface area contributed by atoms with E-state index in [0.717, 1.165) is 21.9 Å². The molecule has 4 heteroatoms. The predicted octanol–water partition coefficient (Wildman–Crippen LogP) is 3.26. The summed E-state index contributed by atoms with van der Waals surface area (Å²) in [6.45, 7) is 1.97. The van der Waals surface area contributed by atoms with E-state index in [4.69, 9.17) is 5.73 Å². The lowest BCUT2D eigenvalue weighted by molar-refractivity contribution is 0.626. The molecule has 0 saturated carbocycles. The fourth-order valence-electron chi connectivity index (χ4n) is 1.63. The fourth-order valence-corrected chi connectivity index (χ4v) is 2.52. The summed E-state index contributed by atoms with van der Waals surface area (Å²) in [6, 6.07) is 10.5. The quantitative estimate of drug-likeness (QED) is 0.919. The fraction of sp³-hybridized carbons (Fsp3) is 0.214. The van der Waals surface area contributed by atoms with E-state index in [1.54, 1.807) is 18.3 Å². The van der Waals surface area contributed by atoms with Gasteiger partial charge in [-0.3, -0.25) is 0 Å². The first-order chi connectivity index (χ1) is 8.65. The number of rotatable bonds is 4. The zero-order valence-corrected chi connectivity index (χ0v) is 11.0. The molecule has 0 spiro atoms. The number of nitrogens with two attached hydrogens (primary N) is 1. The van der Waals surface area contributed by atoms with E-state index in [0.29, 0.717) is 0 Å². The van der Waals surface area contributed by atoms with Crippen LogP contribution in [0.2, 0.25) is 0 Å². The number of hydrogen-bond donors (Lipinski definition) is 1. The Morgan fingerprint density at radius 1 is 1.28 bits per heavy atom. The molecule has 0 aliphatic rings. The predicted molar refractivity (Wildman–Crippen MR) is 72.1 cm³/mol. The Balaban J connectivity index is 2.20. The molecule has 1 heterocycles. The van der Waals surface area contributed by atoms with Crippen LogP contribution in [0.15, 0.2) is 52.5 Å². The number of hydrogen-bond acceptors (Lipinski definition) is 3. The molecule has 0 amide bonds. The van der Waals surface area contributed by atoms with Crippen molar-refractivity contribution in [2.24, 2.45) is 5.73 Å². The highest BCUT2D eigenvalue weighted by molar-refractivity contribution is 7.99. The Morgan fingerprint density at radius 2 is 2.00 bits per heavy atom. The normalized spacial score (nSPS) is 12.4. The first kappa shape index (κ1) is 13.1. The molecule has 2 nitrogen and oxygen atoms in total. The van der Waals surface area contributed by atoms with Crippen LogP contribution in [0.5, 0.6) is 0 Å². The van der Waals surface area contributed by atoms with Crippen molar-refractivity contribution in [3.05, 3.63) is 54.0 Å². The summed E-state index contributed by atoms with van der Waals surface area (Å²) in [6.07, 6.45) is 2.55. The van der Waals surface area contributed by atoms with E-state index >= 15 is 0 Å². The van der Waals surface area contributed by atoms with Gasteiger partial charge in [0.25, 0.3) is 0 Å². The van der Waals surface area contributed by atoms with Crippen LogP contribution in [0.3, 0.4) is 0 Å². The van der Waals surface area contributed by atoms with Crippen molar-refractivity contribution in [3.8, 4) is 0 Å². The Hall–Kier alpha value is -1.39. The summed E-state index contributed by atoms with van der Waals surface area (Å²) in [5.41, 5.74) is 6.95. The molecule has 0 bridgehead atoms. The zero-order valence-electron chi connectivity index (χ0n) is 10.1. The number of pyridine rings is 1. The molecule has 0 radical (unpaired) electrons. The van der Waals surface area contributed by atoms with E-state index in [9.17, 15) is 4.39 Å². The SMILES string of the molecule is CC(N)Cc1cccnc1Sc1ccc(F)cc1. The van der Waals surface area contributed by atoms with Crippen LogP contribution in [-0.4, -0.2) is 11.0 Å². The van der Waals surface area contributed by atoms with Crippen LogP contribution >= 0.6 is 11.8 Å². The molecule has 2 N–H and O–H groups in total. The second-order valence-corrected chi connectivity index (χ2v) is 5.27. The summed E-state index contributed by atoms with van der Waals surface area (Å²) < 4.78 is 12.8. The zero-order chi connectivity index (χ0) is 13.0. The first-order valence-corrected chi connectivity index (χ1v) is 6.59. The Bertz CT molecular complexity index is 511. The molecule has 1 aromatic heterocycles. The van der Waals surface area contributed by atoms with Gasteiger partial charge >= 0.3 is 0 Å². The maximum absolute atomic E-state index is 12.8. The van der Waals surface area contributed by atoms with Gasteiger partial charge in [-0.1, -0.05) is 17.8 Å². The van der Waals surface area contributed by atoms with Gasteiger partial charge in [0.15, 0.2) is 0 Å². The molecule has 0 aliphatic carbocycles. The molecule has 1 atom stereocenters. The second kappa shape index (κ2) is 5.98. The van der Waals surface area contributed by atoms with Gasteiger partial charge in [0.1, 0.15) is 10.8 Å². The minimum atomic E-state index is -0.226. The maximum Gasteiger partial charge on any atom is 0.123 e. The third-order valence-electron chi connectivity index (χ3n) is 2.42.